The molecular weight excluding hydrogens is 188 g/mol. The highest BCUT2D eigenvalue weighted by atomic mass is 16.5. The Kier molecular flexibility index (Phi) is 7.69. The van der Waals surface area contributed by atoms with Gasteiger partial charge >= 0.3 is 5.97 Å². The van der Waals surface area contributed by atoms with Crippen molar-refractivity contribution in [1.82, 2.24) is 0 Å². The number of esters is 1. The molecule has 0 N–H and O–H groups in total. The second-order valence-electron chi connectivity index (χ2n) is 3.83. The van der Waals surface area contributed by atoms with Gasteiger partial charge in [-0.3, -0.25) is 4.79 Å². The molecule has 0 spiro atoms. The number of carbonyl (C=O) groups excluding carboxylic acids is 1. The van der Waals surface area contributed by atoms with Gasteiger partial charge in [0, 0.05) is 6.42 Å². The van der Waals surface area contributed by atoms with Crippen molar-refractivity contribution in [3.05, 3.63) is 24.0 Å². The predicted octanol–water partition coefficient (Wildman–Crippen LogP) is 3.84. The van der Waals surface area contributed by atoms with Gasteiger partial charge in [0.25, 0.3) is 0 Å². The van der Waals surface area contributed by atoms with E-state index in [2.05, 4.69) is 26.0 Å². The fraction of sp³-hybridized carbons (Fsp3) is 0.615. The van der Waals surface area contributed by atoms with Gasteiger partial charge in [0.05, 0.1) is 6.26 Å². The average Bonchev–Trinajstić information content (AvgIpc) is 2.22. The highest BCUT2D eigenvalue weighted by molar-refractivity contribution is 5.69. The van der Waals surface area contributed by atoms with Crippen LogP contribution >= 0.6 is 0 Å². The summed E-state index contributed by atoms with van der Waals surface area (Å²) in [5.74, 6) is 0.327. The van der Waals surface area contributed by atoms with Crippen LogP contribution in [0.25, 0.3) is 0 Å². The van der Waals surface area contributed by atoms with E-state index in [9.17, 15) is 4.79 Å². The maximum Gasteiger partial charge on any atom is 0.310 e. The topological polar surface area (TPSA) is 26.3 Å². The van der Waals surface area contributed by atoms with Gasteiger partial charge in [-0.05, 0) is 31.3 Å². The molecule has 0 bridgehead atoms. The van der Waals surface area contributed by atoms with Crippen molar-refractivity contribution in [2.45, 2.75) is 47.0 Å². The molecule has 0 aromatic carbocycles. The molecule has 0 radical (unpaired) electrons. The fourth-order valence-electron chi connectivity index (χ4n) is 1.24. The first-order chi connectivity index (χ1) is 7.10. The van der Waals surface area contributed by atoms with Gasteiger partial charge < -0.3 is 4.74 Å². The van der Waals surface area contributed by atoms with Crippen molar-refractivity contribution < 1.29 is 9.53 Å². The van der Waals surface area contributed by atoms with Crippen LogP contribution in [-0.4, -0.2) is 5.97 Å². The van der Waals surface area contributed by atoms with Crippen LogP contribution in [0.3, 0.4) is 0 Å². The van der Waals surface area contributed by atoms with Crippen LogP contribution in [0, 0.1) is 5.92 Å². The molecule has 0 aromatic rings. The minimum absolute atomic E-state index is 0.175. The van der Waals surface area contributed by atoms with E-state index in [-0.39, 0.29) is 5.97 Å². The summed E-state index contributed by atoms with van der Waals surface area (Å²) < 4.78 is 4.93. The van der Waals surface area contributed by atoms with Gasteiger partial charge in [-0.25, -0.2) is 0 Å². The Morgan fingerprint density at radius 1 is 1.40 bits per heavy atom. The number of allylic oxidation sites excluding steroid dienone is 3. The van der Waals surface area contributed by atoms with Crippen molar-refractivity contribution in [3.8, 4) is 0 Å². The number of hydrogen-bond donors (Lipinski definition) is 0. The highest BCUT2D eigenvalue weighted by Crippen LogP contribution is 2.12. The molecule has 0 amide bonds. The lowest BCUT2D eigenvalue weighted by atomic mass is 10.0. The molecular formula is C13H22O2. The molecule has 86 valence electrons. The molecule has 15 heavy (non-hydrogen) atoms. The molecule has 0 aliphatic rings. The molecule has 0 fully saturated rings. The summed E-state index contributed by atoms with van der Waals surface area (Å²) in [6.45, 7) is 8.05. The average molecular weight is 210 g/mol. The van der Waals surface area contributed by atoms with E-state index in [4.69, 9.17) is 4.74 Å². The second kappa shape index (κ2) is 8.27. The Hall–Kier alpha value is -1.05. The van der Waals surface area contributed by atoms with Gasteiger partial charge in [-0.15, -0.1) is 0 Å². The third-order valence-electron chi connectivity index (χ3n) is 2.02. The van der Waals surface area contributed by atoms with Crippen LogP contribution in [0.15, 0.2) is 24.0 Å². The zero-order valence-corrected chi connectivity index (χ0v) is 10.2. The van der Waals surface area contributed by atoms with Crippen LogP contribution in [0.2, 0.25) is 0 Å². The van der Waals surface area contributed by atoms with E-state index in [0.29, 0.717) is 12.3 Å². The summed E-state index contributed by atoms with van der Waals surface area (Å²) in [5.41, 5.74) is 1.10. The largest absolute Gasteiger partial charge is 0.435 e. The quantitative estimate of drug-likeness (QED) is 0.378. The van der Waals surface area contributed by atoms with Crippen molar-refractivity contribution in [3.63, 3.8) is 0 Å². The maximum absolute atomic E-state index is 10.9. The first kappa shape index (κ1) is 13.9. The molecule has 1 atom stereocenters. The minimum atomic E-state index is -0.175. The van der Waals surface area contributed by atoms with Crippen molar-refractivity contribution in [2.75, 3.05) is 0 Å². The van der Waals surface area contributed by atoms with Crippen LogP contribution in [0.4, 0.5) is 0 Å². The van der Waals surface area contributed by atoms with E-state index >= 15 is 0 Å². The number of hydrogen-bond acceptors (Lipinski definition) is 2. The van der Waals surface area contributed by atoms with E-state index in [0.717, 1.165) is 18.4 Å². The van der Waals surface area contributed by atoms with Crippen molar-refractivity contribution in [2.24, 2.45) is 5.92 Å². The summed E-state index contributed by atoms with van der Waals surface area (Å²) in [7, 11) is 0. The molecule has 2 heteroatoms. The summed E-state index contributed by atoms with van der Waals surface area (Å²) in [5, 5.41) is 0. The summed E-state index contributed by atoms with van der Waals surface area (Å²) in [6.07, 6.45) is 8.36. The molecule has 0 saturated carbocycles. The summed E-state index contributed by atoms with van der Waals surface area (Å²) in [4.78, 5) is 10.9. The van der Waals surface area contributed by atoms with Crippen LogP contribution < -0.4 is 0 Å². The lowest BCUT2D eigenvalue weighted by molar-refractivity contribution is -0.137. The zero-order valence-electron chi connectivity index (χ0n) is 10.2. The summed E-state index contributed by atoms with van der Waals surface area (Å²) >= 11 is 0. The number of ether oxygens (including phenoxy) is 1. The van der Waals surface area contributed by atoms with Gasteiger partial charge in [0.15, 0.2) is 0 Å². The monoisotopic (exact) mass is 210 g/mol. The first-order valence-electron chi connectivity index (χ1n) is 5.61. The fourth-order valence-corrected chi connectivity index (χ4v) is 1.24. The lowest BCUT2D eigenvalue weighted by Crippen LogP contribution is -1.98. The third-order valence-corrected chi connectivity index (χ3v) is 2.02. The normalized spacial score (nSPS) is 14.3. The Balaban J connectivity index is 3.95. The van der Waals surface area contributed by atoms with Crippen LogP contribution in [0.1, 0.15) is 47.0 Å². The molecule has 0 rings (SSSR count). The van der Waals surface area contributed by atoms with E-state index in [1.165, 1.54) is 0 Å². The van der Waals surface area contributed by atoms with Crippen molar-refractivity contribution >= 4 is 5.97 Å². The van der Waals surface area contributed by atoms with E-state index in [1.54, 1.807) is 13.2 Å². The van der Waals surface area contributed by atoms with Crippen LogP contribution in [0.5, 0.6) is 0 Å². The molecule has 0 aromatic heterocycles. The van der Waals surface area contributed by atoms with Gasteiger partial charge in [-0.1, -0.05) is 32.9 Å². The second-order valence-corrected chi connectivity index (χ2v) is 3.83. The Morgan fingerprint density at radius 2 is 2.07 bits per heavy atom. The lowest BCUT2D eigenvalue weighted by Gasteiger charge is -2.06. The minimum Gasteiger partial charge on any atom is -0.435 e. The van der Waals surface area contributed by atoms with Crippen LogP contribution in [-0.2, 0) is 9.53 Å². The Labute approximate surface area is 93.0 Å². The summed E-state index contributed by atoms with van der Waals surface area (Å²) in [6, 6.07) is 0. The van der Waals surface area contributed by atoms with Crippen molar-refractivity contribution in [1.29, 1.82) is 0 Å². The number of carbonyl (C=O) groups is 1. The smallest absolute Gasteiger partial charge is 0.310 e. The first-order valence-corrected chi connectivity index (χ1v) is 5.61. The molecule has 0 heterocycles. The number of rotatable bonds is 6. The maximum atomic E-state index is 10.9. The predicted molar refractivity (Wildman–Crippen MR) is 63.4 cm³/mol. The van der Waals surface area contributed by atoms with Gasteiger partial charge in [0.2, 0.25) is 0 Å². The highest BCUT2D eigenvalue weighted by Gasteiger charge is 2.00. The molecule has 1 unspecified atom stereocenters. The molecule has 0 aliphatic heterocycles. The van der Waals surface area contributed by atoms with E-state index < -0.39 is 0 Å². The van der Waals surface area contributed by atoms with Gasteiger partial charge in [-0.2, -0.15) is 0 Å². The standard InChI is InChI=1S/C13H22O2/c1-5-7-8-11(3)9-12(4)10-15-13(14)6-2/h7-8,10-11H,5-6,9H2,1-4H3/b8-7+,12-10+. The molecule has 0 aliphatic carbocycles. The van der Waals surface area contributed by atoms with E-state index in [1.807, 2.05) is 6.92 Å². The molecule has 0 saturated heterocycles. The third kappa shape index (κ3) is 7.98. The van der Waals surface area contributed by atoms with Gasteiger partial charge in [0.1, 0.15) is 0 Å². The molecule has 2 nitrogen and oxygen atoms in total. The Bertz CT molecular complexity index is 239. The Morgan fingerprint density at radius 3 is 2.60 bits per heavy atom. The zero-order chi connectivity index (χ0) is 11.7. The SMILES string of the molecule is CC/C=C/C(C)C/C(C)=C/OC(=O)CC.